The van der Waals surface area contributed by atoms with E-state index in [0.29, 0.717) is 17.2 Å². The van der Waals surface area contributed by atoms with Crippen LogP contribution >= 0.6 is 0 Å². The van der Waals surface area contributed by atoms with Crippen molar-refractivity contribution in [1.29, 1.82) is 0 Å². The summed E-state index contributed by atoms with van der Waals surface area (Å²) in [5.74, 6) is 0.276. The predicted molar refractivity (Wildman–Crippen MR) is 96.9 cm³/mol. The second-order valence-electron chi connectivity index (χ2n) is 7.15. The molecule has 1 atom stereocenters. The Morgan fingerprint density at radius 3 is 2.60 bits per heavy atom. The van der Waals surface area contributed by atoms with Crippen molar-refractivity contribution in [3.63, 3.8) is 0 Å². The van der Waals surface area contributed by atoms with Crippen LogP contribution in [0.2, 0.25) is 0 Å². The molecule has 25 heavy (non-hydrogen) atoms. The zero-order valence-electron chi connectivity index (χ0n) is 15.1. The molecule has 0 radical (unpaired) electrons. The topological polar surface area (TPSA) is 95.7 Å². The van der Waals surface area contributed by atoms with Gasteiger partial charge >= 0.3 is 0 Å². The molecule has 1 aromatic carbocycles. The molecule has 7 nitrogen and oxygen atoms in total. The molecule has 1 aromatic rings. The molecule has 138 valence electrons. The van der Waals surface area contributed by atoms with Crippen LogP contribution < -0.4 is 10.2 Å². The van der Waals surface area contributed by atoms with E-state index >= 15 is 0 Å². The van der Waals surface area contributed by atoms with Crippen LogP contribution in [-0.4, -0.2) is 41.7 Å². The molecule has 0 saturated carbocycles. The zero-order chi connectivity index (χ0) is 18.6. The van der Waals surface area contributed by atoms with Crippen LogP contribution in [0.5, 0.6) is 0 Å². The van der Waals surface area contributed by atoms with E-state index in [0.717, 1.165) is 25.9 Å². The van der Waals surface area contributed by atoms with Gasteiger partial charge in [0.05, 0.1) is 22.3 Å². The number of hydrogen-bond acceptors (Lipinski definition) is 5. The first-order chi connectivity index (χ1) is 11.8. The number of benzene rings is 1. The van der Waals surface area contributed by atoms with Gasteiger partial charge in [0.1, 0.15) is 0 Å². The highest BCUT2D eigenvalue weighted by atomic mass is 16.6. The molecule has 1 fully saturated rings. The number of non-ortho nitro benzene ring substituents is 1. The Morgan fingerprint density at radius 1 is 1.40 bits per heavy atom. The molecule has 1 aliphatic rings. The highest BCUT2D eigenvalue weighted by molar-refractivity contribution is 6.00. The van der Waals surface area contributed by atoms with Gasteiger partial charge in [-0.15, -0.1) is 0 Å². The number of aliphatic hydroxyl groups is 1. The van der Waals surface area contributed by atoms with Crippen LogP contribution in [0.4, 0.5) is 11.4 Å². The van der Waals surface area contributed by atoms with Crippen molar-refractivity contribution in [2.24, 2.45) is 11.8 Å². The fourth-order valence-electron chi connectivity index (χ4n) is 2.87. The number of amides is 1. The number of nitro benzene ring substituents is 1. The SMILES string of the molecule is CC1CCN(c2ccc([N+](=O)[O-])cc2C(=O)NCC(O)C(C)C)CC1. The lowest BCUT2D eigenvalue weighted by atomic mass is 9.97. The quantitative estimate of drug-likeness (QED) is 0.608. The Labute approximate surface area is 148 Å². The van der Waals surface area contributed by atoms with Gasteiger partial charge in [0.15, 0.2) is 0 Å². The minimum atomic E-state index is -0.651. The molecule has 0 aromatic heterocycles. The standard InChI is InChI=1S/C18H27N3O4/c1-12(2)17(22)11-19-18(23)15-10-14(21(24)25)4-5-16(15)20-8-6-13(3)7-9-20/h4-5,10,12-13,17,22H,6-9,11H2,1-3H3,(H,19,23). The molecular weight excluding hydrogens is 322 g/mol. The second kappa shape index (κ2) is 8.29. The maximum Gasteiger partial charge on any atom is 0.270 e. The number of aliphatic hydroxyl groups excluding tert-OH is 1. The molecule has 2 rings (SSSR count). The fourth-order valence-corrected chi connectivity index (χ4v) is 2.87. The Bertz CT molecular complexity index is 625. The highest BCUT2D eigenvalue weighted by Crippen LogP contribution is 2.29. The molecule has 7 heteroatoms. The van der Waals surface area contributed by atoms with Gasteiger partial charge in [0.25, 0.3) is 11.6 Å². The maximum atomic E-state index is 12.6. The van der Waals surface area contributed by atoms with Crippen LogP contribution in [0.1, 0.15) is 44.0 Å². The van der Waals surface area contributed by atoms with Crippen LogP contribution in [0.25, 0.3) is 0 Å². The third kappa shape index (κ3) is 4.92. The lowest BCUT2D eigenvalue weighted by molar-refractivity contribution is -0.384. The summed E-state index contributed by atoms with van der Waals surface area (Å²) in [6, 6.07) is 4.42. The third-order valence-electron chi connectivity index (χ3n) is 4.80. The highest BCUT2D eigenvalue weighted by Gasteiger charge is 2.24. The average Bonchev–Trinajstić information content (AvgIpc) is 2.59. The molecule has 1 saturated heterocycles. The number of anilines is 1. The van der Waals surface area contributed by atoms with Crippen LogP contribution in [0.3, 0.4) is 0 Å². The molecule has 2 N–H and O–H groups in total. The Kier molecular flexibility index (Phi) is 6.36. The van der Waals surface area contributed by atoms with Crippen molar-refractivity contribution >= 4 is 17.3 Å². The molecule has 0 aliphatic carbocycles. The molecular formula is C18H27N3O4. The maximum absolute atomic E-state index is 12.6. The van der Waals surface area contributed by atoms with Crippen LogP contribution in [0.15, 0.2) is 18.2 Å². The Hall–Kier alpha value is -2.15. The van der Waals surface area contributed by atoms with Gasteiger partial charge in [0, 0.05) is 31.8 Å². The van der Waals surface area contributed by atoms with Crippen molar-refractivity contribution in [3.8, 4) is 0 Å². The average molecular weight is 349 g/mol. The largest absolute Gasteiger partial charge is 0.391 e. The molecule has 1 aliphatic heterocycles. The summed E-state index contributed by atoms with van der Waals surface area (Å²) >= 11 is 0. The van der Waals surface area contributed by atoms with Crippen LogP contribution in [0, 0.1) is 22.0 Å². The Morgan fingerprint density at radius 2 is 2.04 bits per heavy atom. The minimum absolute atomic E-state index is 0.0217. The number of rotatable bonds is 6. The summed E-state index contributed by atoms with van der Waals surface area (Å²) in [5.41, 5.74) is 0.900. The van der Waals surface area contributed by atoms with E-state index in [1.807, 2.05) is 13.8 Å². The predicted octanol–water partition coefficient (Wildman–Crippen LogP) is 2.58. The van der Waals surface area contributed by atoms with E-state index in [2.05, 4.69) is 17.1 Å². The number of carbonyl (C=O) groups excluding carboxylic acids is 1. The van der Waals surface area contributed by atoms with Crippen molar-refractivity contribution in [1.82, 2.24) is 5.32 Å². The zero-order valence-corrected chi connectivity index (χ0v) is 15.1. The van der Waals surface area contributed by atoms with Crippen molar-refractivity contribution in [2.45, 2.75) is 39.7 Å². The number of piperidine rings is 1. The first-order valence-electron chi connectivity index (χ1n) is 8.79. The first kappa shape index (κ1) is 19.2. The molecule has 1 amide bonds. The van der Waals surface area contributed by atoms with Gasteiger partial charge in [0.2, 0.25) is 0 Å². The van der Waals surface area contributed by atoms with Gasteiger partial charge < -0.3 is 15.3 Å². The number of hydrogen-bond donors (Lipinski definition) is 2. The van der Waals surface area contributed by atoms with E-state index in [4.69, 9.17) is 0 Å². The number of nitrogens with zero attached hydrogens (tertiary/aromatic N) is 2. The van der Waals surface area contributed by atoms with Crippen LogP contribution in [-0.2, 0) is 0 Å². The van der Waals surface area contributed by atoms with Crippen molar-refractivity contribution < 1.29 is 14.8 Å². The number of carbonyl (C=O) groups is 1. The second-order valence-corrected chi connectivity index (χ2v) is 7.15. The van der Waals surface area contributed by atoms with E-state index in [9.17, 15) is 20.0 Å². The smallest absolute Gasteiger partial charge is 0.270 e. The minimum Gasteiger partial charge on any atom is -0.391 e. The number of nitro groups is 1. The lowest BCUT2D eigenvalue weighted by Gasteiger charge is -2.33. The number of nitrogens with one attached hydrogen (secondary N) is 1. The van der Waals surface area contributed by atoms with E-state index in [-0.39, 0.29) is 18.2 Å². The van der Waals surface area contributed by atoms with Crippen molar-refractivity contribution in [3.05, 3.63) is 33.9 Å². The van der Waals surface area contributed by atoms with Gasteiger partial charge in [-0.05, 0) is 30.7 Å². The monoisotopic (exact) mass is 349 g/mol. The summed E-state index contributed by atoms with van der Waals surface area (Å²) in [6.07, 6.45) is 1.41. The summed E-state index contributed by atoms with van der Waals surface area (Å²) in [4.78, 5) is 25.3. The van der Waals surface area contributed by atoms with Gasteiger partial charge in [-0.1, -0.05) is 20.8 Å². The van der Waals surface area contributed by atoms with E-state index < -0.39 is 16.9 Å². The van der Waals surface area contributed by atoms with Gasteiger partial charge in [-0.25, -0.2) is 0 Å². The first-order valence-corrected chi connectivity index (χ1v) is 8.79. The summed E-state index contributed by atoms with van der Waals surface area (Å²) in [5, 5.41) is 23.7. The lowest BCUT2D eigenvalue weighted by Crippen LogP contribution is -2.37. The fraction of sp³-hybridized carbons (Fsp3) is 0.611. The summed E-state index contributed by atoms with van der Waals surface area (Å²) < 4.78 is 0. The third-order valence-corrected chi connectivity index (χ3v) is 4.80. The Balaban J connectivity index is 2.24. The van der Waals surface area contributed by atoms with Gasteiger partial charge in [-0.3, -0.25) is 14.9 Å². The van der Waals surface area contributed by atoms with Gasteiger partial charge in [-0.2, -0.15) is 0 Å². The molecule has 1 heterocycles. The summed E-state index contributed by atoms with van der Waals surface area (Å²) in [6.45, 7) is 7.71. The molecule has 1 unspecified atom stereocenters. The molecule has 0 bridgehead atoms. The molecule has 0 spiro atoms. The van der Waals surface area contributed by atoms with E-state index in [1.165, 1.54) is 12.1 Å². The summed E-state index contributed by atoms with van der Waals surface area (Å²) in [7, 11) is 0. The van der Waals surface area contributed by atoms with Crippen molar-refractivity contribution in [2.75, 3.05) is 24.5 Å². The normalized spacial score (nSPS) is 16.8. The van der Waals surface area contributed by atoms with E-state index in [1.54, 1.807) is 6.07 Å².